The number of rotatable bonds is 6. The third-order valence-electron chi connectivity index (χ3n) is 5.71. The van der Waals surface area contributed by atoms with E-state index in [0.29, 0.717) is 23.3 Å². The summed E-state index contributed by atoms with van der Waals surface area (Å²) in [6, 6.07) is 3.89. The third-order valence-corrected chi connectivity index (χ3v) is 6.77. The number of furan rings is 1. The zero-order chi connectivity index (χ0) is 22.1. The van der Waals surface area contributed by atoms with Gasteiger partial charge in [-0.2, -0.15) is 4.98 Å². The number of nitrogens with zero attached hydrogens (tertiary/aromatic N) is 5. The van der Waals surface area contributed by atoms with Gasteiger partial charge in [-0.1, -0.05) is 11.3 Å². The number of hydrogen-bond donors (Lipinski definition) is 3. The van der Waals surface area contributed by atoms with Gasteiger partial charge in [0.25, 0.3) is 0 Å². The summed E-state index contributed by atoms with van der Waals surface area (Å²) in [6.07, 6.45) is 2.57. The zero-order valence-electron chi connectivity index (χ0n) is 17.8. The molecule has 2 aliphatic rings. The van der Waals surface area contributed by atoms with Crippen LogP contribution in [0.15, 0.2) is 22.8 Å². The van der Waals surface area contributed by atoms with Crippen LogP contribution in [-0.2, 0) is 19.5 Å². The molecule has 11 heteroatoms. The maximum absolute atomic E-state index is 11.4. The van der Waals surface area contributed by atoms with Crippen molar-refractivity contribution in [3.05, 3.63) is 46.0 Å². The minimum atomic E-state index is -0.977. The van der Waals surface area contributed by atoms with Gasteiger partial charge in [0.1, 0.15) is 16.5 Å². The molecule has 3 aromatic heterocycles. The predicted molar refractivity (Wildman–Crippen MR) is 121 cm³/mol. The molecule has 3 aromatic rings. The SMILES string of the molecule is Cc1nc(Nc2nc3c(c(N4CCNCC4)n2)CCN(Cc2ccco2)C3)sc1C(=O)O. The van der Waals surface area contributed by atoms with Crippen LogP contribution in [0.5, 0.6) is 0 Å². The average Bonchev–Trinajstić information content (AvgIpc) is 3.43. The summed E-state index contributed by atoms with van der Waals surface area (Å²) >= 11 is 1.10. The highest BCUT2D eigenvalue weighted by atomic mass is 32.1. The van der Waals surface area contributed by atoms with Crippen LogP contribution in [0.4, 0.5) is 16.9 Å². The van der Waals surface area contributed by atoms with Gasteiger partial charge < -0.3 is 19.7 Å². The molecule has 0 aromatic carbocycles. The highest BCUT2D eigenvalue weighted by Gasteiger charge is 2.26. The Kier molecular flexibility index (Phi) is 5.77. The molecule has 32 heavy (non-hydrogen) atoms. The summed E-state index contributed by atoms with van der Waals surface area (Å²) in [6.45, 7) is 7.64. The number of hydrogen-bond acceptors (Lipinski definition) is 10. The maximum atomic E-state index is 11.4. The summed E-state index contributed by atoms with van der Waals surface area (Å²) < 4.78 is 5.52. The molecule has 5 rings (SSSR count). The van der Waals surface area contributed by atoms with Gasteiger partial charge in [-0.15, -0.1) is 0 Å². The molecule has 168 valence electrons. The van der Waals surface area contributed by atoms with Crippen molar-refractivity contribution in [2.45, 2.75) is 26.4 Å². The number of aryl methyl sites for hydroxylation is 1. The molecule has 1 fully saturated rings. The Balaban J connectivity index is 1.45. The minimum absolute atomic E-state index is 0.220. The molecular formula is C21H25N7O3S. The first-order valence-corrected chi connectivity index (χ1v) is 11.5. The standard InChI is InChI=1S/C21H25N7O3S/c1-13-17(19(29)30)32-21(23-13)26-20-24-16-12-27(11-14-3-2-10-31-14)7-4-15(16)18(25-20)28-8-5-22-6-9-28/h2-3,10,22H,4-9,11-12H2,1H3,(H,29,30)(H,23,24,25,26). The number of fused-ring (bicyclic) bond motifs is 1. The maximum Gasteiger partial charge on any atom is 0.347 e. The van der Waals surface area contributed by atoms with Crippen LogP contribution < -0.4 is 15.5 Å². The number of anilines is 3. The van der Waals surface area contributed by atoms with Gasteiger partial charge in [-0.05, 0) is 25.5 Å². The predicted octanol–water partition coefficient (Wildman–Crippen LogP) is 2.24. The van der Waals surface area contributed by atoms with E-state index in [1.165, 1.54) is 5.56 Å². The number of carboxylic acid groups (broad SMARTS) is 1. The molecular weight excluding hydrogens is 430 g/mol. The first-order valence-electron chi connectivity index (χ1n) is 10.6. The number of thiazole rings is 1. The molecule has 0 saturated carbocycles. The lowest BCUT2D eigenvalue weighted by molar-refractivity contribution is 0.0701. The summed E-state index contributed by atoms with van der Waals surface area (Å²) in [5, 5.41) is 16.4. The van der Waals surface area contributed by atoms with Gasteiger partial charge in [0.15, 0.2) is 5.13 Å². The van der Waals surface area contributed by atoms with Crippen molar-refractivity contribution in [3.8, 4) is 0 Å². The second kappa shape index (κ2) is 8.85. The Morgan fingerprint density at radius 2 is 2.12 bits per heavy atom. The van der Waals surface area contributed by atoms with Gasteiger partial charge in [0, 0.05) is 44.8 Å². The largest absolute Gasteiger partial charge is 0.477 e. The summed E-state index contributed by atoms with van der Waals surface area (Å²) in [4.78, 5) is 30.2. The Labute approximate surface area is 189 Å². The second-order valence-corrected chi connectivity index (χ2v) is 8.94. The summed E-state index contributed by atoms with van der Waals surface area (Å²) in [7, 11) is 0. The minimum Gasteiger partial charge on any atom is -0.477 e. The molecule has 1 saturated heterocycles. The van der Waals surface area contributed by atoms with Gasteiger partial charge in [0.2, 0.25) is 5.95 Å². The molecule has 0 unspecified atom stereocenters. The monoisotopic (exact) mass is 455 g/mol. The molecule has 0 amide bonds. The van der Waals surface area contributed by atoms with E-state index >= 15 is 0 Å². The first-order chi connectivity index (χ1) is 15.6. The van der Waals surface area contributed by atoms with E-state index in [4.69, 9.17) is 14.4 Å². The van der Waals surface area contributed by atoms with Crippen molar-refractivity contribution in [2.24, 2.45) is 0 Å². The van der Waals surface area contributed by atoms with Crippen molar-refractivity contribution in [2.75, 3.05) is 42.9 Å². The van der Waals surface area contributed by atoms with Crippen LogP contribution in [0.1, 0.15) is 32.4 Å². The first kappa shape index (κ1) is 20.9. The van der Waals surface area contributed by atoms with Crippen molar-refractivity contribution < 1.29 is 14.3 Å². The van der Waals surface area contributed by atoms with E-state index < -0.39 is 5.97 Å². The van der Waals surface area contributed by atoms with Crippen LogP contribution in [0.3, 0.4) is 0 Å². The van der Waals surface area contributed by atoms with Gasteiger partial charge in [0.05, 0.1) is 24.2 Å². The van der Waals surface area contributed by atoms with Gasteiger partial charge in [-0.3, -0.25) is 10.2 Å². The lowest BCUT2D eigenvalue weighted by atomic mass is 10.0. The Hall–Kier alpha value is -3.02. The van der Waals surface area contributed by atoms with Crippen molar-refractivity contribution in [1.29, 1.82) is 0 Å². The average molecular weight is 456 g/mol. The number of piperazine rings is 1. The fourth-order valence-electron chi connectivity index (χ4n) is 4.16. The van der Waals surface area contributed by atoms with Crippen molar-refractivity contribution in [1.82, 2.24) is 25.2 Å². The second-order valence-electron chi connectivity index (χ2n) is 7.94. The fraction of sp³-hybridized carbons (Fsp3) is 0.429. The topological polar surface area (TPSA) is 120 Å². The molecule has 0 atom stereocenters. The van der Waals surface area contributed by atoms with Gasteiger partial charge >= 0.3 is 5.97 Å². The van der Waals surface area contributed by atoms with E-state index in [9.17, 15) is 9.90 Å². The number of aromatic nitrogens is 3. The fourth-order valence-corrected chi connectivity index (χ4v) is 4.96. The van der Waals surface area contributed by atoms with E-state index in [-0.39, 0.29) is 4.88 Å². The van der Waals surface area contributed by atoms with E-state index in [1.54, 1.807) is 13.2 Å². The molecule has 10 nitrogen and oxygen atoms in total. The number of nitrogens with one attached hydrogen (secondary N) is 2. The molecule has 0 bridgehead atoms. The summed E-state index contributed by atoms with van der Waals surface area (Å²) in [5.41, 5.74) is 2.66. The Bertz CT molecular complexity index is 1110. The Morgan fingerprint density at radius 3 is 2.84 bits per heavy atom. The van der Waals surface area contributed by atoms with E-state index in [0.717, 1.165) is 74.3 Å². The van der Waals surface area contributed by atoms with Crippen LogP contribution in [0, 0.1) is 6.92 Å². The molecule has 5 heterocycles. The molecule has 0 aliphatic carbocycles. The summed E-state index contributed by atoms with van der Waals surface area (Å²) in [5.74, 6) is 1.36. The van der Waals surface area contributed by atoms with Crippen LogP contribution >= 0.6 is 11.3 Å². The molecule has 3 N–H and O–H groups in total. The lowest BCUT2D eigenvalue weighted by Crippen LogP contribution is -2.45. The quantitative estimate of drug-likeness (QED) is 0.510. The number of carboxylic acids is 1. The Morgan fingerprint density at radius 1 is 1.28 bits per heavy atom. The lowest BCUT2D eigenvalue weighted by Gasteiger charge is -2.34. The third kappa shape index (κ3) is 4.31. The number of carbonyl (C=O) groups is 1. The van der Waals surface area contributed by atoms with Crippen LogP contribution in [0.2, 0.25) is 0 Å². The molecule has 0 radical (unpaired) electrons. The molecule has 2 aliphatic heterocycles. The highest BCUT2D eigenvalue weighted by Crippen LogP contribution is 2.31. The van der Waals surface area contributed by atoms with Crippen LogP contribution in [0.25, 0.3) is 0 Å². The smallest absolute Gasteiger partial charge is 0.347 e. The zero-order valence-corrected chi connectivity index (χ0v) is 18.6. The number of aromatic carboxylic acids is 1. The van der Waals surface area contributed by atoms with Crippen molar-refractivity contribution >= 4 is 34.2 Å². The van der Waals surface area contributed by atoms with E-state index in [2.05, 4.69) is 25.4 Å². The molecule has 0 spiro atoms. The van der Waals surface area contributed by atoms with Gasteiger partial charge in [-0.25, -0.2) is 14.8 Å². The normalized spacial score (nSPS) is 16.7. The van der Waals surface area contributed by atoms with Crippen LogP contribution in [-0.4, -0.2) is 63.7 Å². The van der Waals surface area contributed by atoms with E-state index in [1.807, 2.05) is 12.1 Å². The van der Waals surface area contributed by atoms with Crippen molar-refractivity contribution in [3.63, 3.8) is 0 Å². The highest BCUT2D eigenvalue weighted by molar-refractivity contribution is 7.17.